The van der Waals surface area contributed by atoms with Gasteiger partial charge in [0.15, 0.2) is 11.6 Å². The SMILES string of the molecule is COc1ccc(OB(O)O)cc1F. The highest BCUT2D eigenvalue weighted by Crippen LogP contribution is 2.21. The van der Waals surface area contributed by atoms with E-state index < -0.39 is 13.1 Å². The van der Waals surface area contributed by atoms with Crippen LogP contribution in [-0.2, 0) is 0 Å². The number of methoxy groups -OCH3 is 1. The van der Waals surface area contributed by atoms with Gasteiger partial charge in [0, 0.05) is 6.07 Å². The molecule has 2 N–H and O–H groups in total. The molecule has 0 fully saturated rings. The van der Waals surface area contributed by atoms with Crippen LogP contribution < -0.4 is 9.39 Å². The van der Waals surface area contributed by atoms with Crippen LogP contribution in [-0.4, -0.2) is 24.5 Å². The van der Waals surface area contributed by atoms with E-state index in [1.165, 1.54) is 19.2 Å². The summed E-state index contributed by atoms with van der Waals surface area (Å²) in [7, 11) is -0.618. The van der Waals surface area contributed by atoms with E-state index in [9.17, 15) is 4.39 Å². The lowest BCUT2D eigenvalue weighted by Gasteiger charge is -2.06. The average Bonchev–Trinajstić information content (AvgIpc) is 2.03. The summed E-state index contributed by atoms with van der Waals surface area (Å²) >= 11 is 0. The maximum Gasteiger partial charge on any atom is 0.707 e. The Bertz CT molecular complexity index is 292. The Kier molecular flexibility index (Phi) is 3.10. The minimum Gasteiger partial charge on any atom is -0.512 e. The zero-order valence-electron chi connectivity index (χ0n) is 6.90. The normalized spacial score (nSPS) is 9.54. The van der Waals surface area contributed by atoms with Crippen LogP contribution in [0, 0.1) is 5.82 Å². The molecule has 0 bridgehead atoms. The molecule has 1 rings (SSSR count). The van der Waals surface area contributed by atoms with Crippen LogP contribution >= 0.6 is 0 Å². The highest BCUT2D eigenvalue weighted by molar-refractivity contribution is 6.33. The number of rotatable bonds is 3. The molecule has 0 aliphatic carbocycles. The van der Waals surface area contributed by atoms with Crippen LogP contribution in [0.5, 0.6) is 11.5 Å². The molecule has 70 valence electrons. The third kappa shape index (κ3) is 2.60. The van der Waals surface area contributed by atoms with Crippen molar-refractivity contribution < 1.29 is 23.8 Å². The molecule has 0 unspecified atom stereocenters. The van der Waals surface area contributed by atoms with Crippen molar-refractivity contribution in [3.8, 4) is 11.5 Å². The fraction of sp³-hybridized carbons (Fsp3) is 0.143. The summed E-state index contributed by atoms with van der Waals surface area (Å²) in [6.07, 6.45) is 0. The largest absolute Gasteiger partial charge is 0.707 e. The van der Waals surface area contributed by atoms with Gasteiger partial charge >= 0.3 is 7.32 Å². The predicted molar refractivity (Wildman–Crippen MR) is 43.8 cm³/mol. The van der Waals surface area contributed by atoms with Crippen molar-refractivity contribution in [2.75, 3.05) is 7.11 Å². The summed E-state index contributed by atoms with van der Waals surface area (Å²) < 4.78 is 22.0. The summed E-state index contributed by atoms with van der Waals surface area (Å²) in [4.78, 5) is 0. The van der Waals surface area contributed by atoms with E-state index in [4.69, 9.17) is 10.0 Å². The Morgan fingerprint density at radius 2 is 2.08 bits per heavy atom. The van der Waals surface area contributed by atoms with Crippen LogP contribution in [0.2, 0.25) is 0 Å². The smallest absolute Gasteiger partial charge is 0.512 e. The van der Waals surface area contributed by atoms with E-state index in [-0.39, 0.29) is 11.5 Å². The van der Waals surface area contributed by atoms with Crippen LogP contribution in [0.4, 0.5) is 4.39 Å². The van der Waals surface area contributed by atoms with E-state index in [1.807, 2.05) is 0 Å². The fourth-order valence-electron chi connectivity index (χ4n) is 0.842. The second kappa shape index (κ2) is 4.11. The van der Waals surface area contributed by atoms with Crippen LogP contribution in [0.25, 0.3) is 0 Å². The van der Waals surface area contributed by atoms with Gasteiger partial charge in [0.05, 0.1) is 7.11 Å². The van der Waals surface area contributed by atoms with Gasteiger partial charge in [-0.25, -0.2) is 4.39 Å². The summed E-state index contributed by atoms with van der Waals surface area (Å²) in [5.41, 5.74) is 0. The van der Waals surface area contributed by atoms with Gasteiger partial charge < -0.3 is 19.4 Å². The minimum atomic E-state index is -1.95. The van der Waals surface area contributed by atoms with Gasteiger partial charge in [-0.15, -0.1) is 0 Å². The van der Waals surface area contributed by atoms with Crippen molar-refractivity contribution in [1.29, 1.82) is 0 Å². The Balaban J connectivity index is 2.83. The first kappa shape index (κ1) is 9.82. The van der Waals surface area contributed by atoms with Gasteiger partial charge in [-0.3, -0.25) is 0 Å². The molecule has 1 aromatic carbocycles. The van der Waals surface area contributed by atoms with Crippen molar-refractivity contribution in [3.05, 3.63) is 24.0 Å². The highest BCUT2D eigenvalue weighted by atomic mass is 19.1. The Morgan fingerprint density at radius 3 is 2.54 bits per heavy atom. The topological polar surface area (TPSA) is 58.9 Å². The molecule has 13 heavy (non-hydrogen) atoms. The lowest BCUT2D eigenvalue weighted by Crippen LogP contribution is -2.20. The molecule has 0 atom stereocenters. The van der Waals surface area contributed by atoms with E-state index >= 15 is 0 Å². The second-order valence-corrected chi connectivity index (χ2v) is 2.24. The molecule has 6 heteroatoms. The Labute approximate surface area is 74.7 Å². The predicted octanol–water partition coefficient (Wildman–Crippen LogP) is 0.183. The number of hydrogen-bond acceptors (Lipinski definition) is 4. The first-order valence-electron chi connectivity index (χ1n) is 3.50. The molecule has 0 aromatic heterocycles. The van der Waals surface area contributed by atoms with E-state index in [2.05, 4.69) is 9.39 Å². The molecule has 0 radical (unpaired) electrons. The van der Waals surface area contributed by atoms with Crippen LogP contribution in [0.1, 0.15) is 0 Å². The average molecular weight is 186 g/mol. The van der Waals surface area contributed by atoms with Crippen molar-refractivity contribution in [3.63, 3.8) is 0 Å². The summed E-state index contributed by atoms with van der Waals surface area (Å²) in [5.74, 6) is -0.534. The fourth-order valence-corrected chi connectivity index (χ4v) is 0.842. The molecular formula is C7H8BFO4. The van der Waals surface area contributed by atoms with Gasteiger partial charge in [0.2, 0.25) is 0 Å². The maximum atomic E-state index is 12.9. The van der Waals surface area contributed by atoms with Gasteiger partial charge in [-0.05, 0) is 12.1 Å². The van der Waals surface area contributed by atoms with Gasteiger partial charge in [-0.2, -0.15) is 0 Å². The molecule has 0 amide bonds. The molecule has 1 aromatic rings. The van der Waals surface area contributed by atoms with Gasteiger partial charge in [0.25, 0.3) is 0 Å². The monoisotopic (exact) mass is 186 g/mol. The van der Waals surface area contributed by atoms with Crippen molar-refractivity contribution in [1.82, 2.24) is 0 Å². The summed E-state index contributed by atoms with van der Waals surface area (Å²) in [6.45, 7) is 0. The molecule has 0 saturated carbocycles. The molecule has 0 saturated heterocycles. The van der Waals surface area contributed by atoms with Gasteiger partial charge in [-0.1, -0.05) is 0 Å². The van der Waals surface area contributed by atoms with E-state index in [0.717, 1.165) is 6.07 Å². The highest BCUT2D eigenvalue weighted by Gasteiger charge is 2.12. The van der Waals surface area contributed by atoms with Gasteiger partial charge in [0.1, 0.15) is 5.75 Å². The van der Waals surface area contributed by atoms with Crippen molar-refractivity contribution in [2.24, 2.45) is 0 Å². The molecule has 0 heterocycles. The maximum absolute atomic E-state index is 12.9. The van der Waals surface area contributed by atoms with E-state index in [1.54, 1.807) is 0 Å². The third-order valence-electron chi connectivity index (χ3n) is 1.36. The van der Waals surface area contributed by atoms with E-state index in [0.29, 0.717) is 0 Å². The lowest BCUT2D eigenvalue weighted by molar-refractivity contribution is 0.287. The molecular weight excluding hydrogens is 178 g/mol. The van der Waals surface area contributed by atoms with Crippen LogP contribution in [0.15, 0.2) is 18.2 Å². The number of hydrogen-bond donors (Lipinski definition) is 2. The minimum absolute atomic E-state index is 0.0216. The number of benzene rings is 1. The third-order valence-corrected chi connectivity index (χ3v) is 1.36. The van der Waals surface area contributed by atoms with Crippen molar-refractivity contribution in [2.45, 2.75) is 0 Å². The first-order valence-corrected chi connectivity index (χ1v) is 3.50. The Hall–Kier alpha value is -1.27. The quantitative estimate of drug-likeness (QED) is 0.661. The lowest BCUT2D eigenvalue weighted by atomic mass is 10.2. The molecule has 0 aliphatic rings. The first-order chi connectivity index (χ1) is 6.13. The second-order valence-electron chi connectivity index (χ2n) is 2.24. The summed E-state index contributed by atoms with van der Waals surface area (Å²) in [5, 5.41) is 16.8. The standard InChI is InChI=1S/C7H8BFO4/c1-12-7-3-2-5(4-6(7)9)13-8(10)11/h2-4,10-11H,1H3. The Morgan fingerprint density at radius 1 is 1.38 bits per heavy atom. The summed E-state index contributed by atoms with van der Waals surface area (Å²) in [6, 6.07) is 3.69. The molecule has 0 spiro atoms. The van der Waals surface area contributed by atoms with Crippen molar-refractivity contribution >= 4 is 7.32 Å². The zero-order chi connectivity index (χ0) is 9.84. The number of ether oxygens (including phenoxy) is 1. The van der Waals surface area contributed by atoms with Crippen LogP contribution in [0.3, 0.4) is 0 Å². The number of halogens is 1. The zero-order valence-corrected chi connectivity index (χ0v) is 6.90. The molecule has 0 aliphatic heterocycles. The molecule has 4 nitrogen and oxygen atoms in total.